The van der Waals surface area contributed by atoms with Gasteiger partial charge in [-0.1, -0.05) is 17.4 Å². The monoisotopic (exact) mass is 364 g/mol. The Morgan fingerprint density at radius 1 is 1.33 bits per heavy atom. The van der Waals surface area contributed by atoms with Crippen molar-refractivity contribution >= 4 is 27.6 Å². The lowest BCUT2D eigenvalue weighted by molar-refractivity contribution is -0.0761. The van der Waals surface area contributed by atoms with E-state index in [1.807, 2.05) is 6.92 Å². The fourth-order valence-corrected chi connectivity index (χ4v) is 5.47. The topological polar surface area (TPSA) is 62.9 Å². The van der Waals surface area contributed by atoms with Gasteiger partial charge in [0.05, 0.1) is 23.1 Å². The Balaban J connectivity index is 1.80. The molecule has 0 spiro atoms. The quantitative estimate of drug-likeness (QED) is 0.774. The summed E-state index contributed by atoms with van der Waals surface area (Å²) in [4.78, 5) is 9.64. The zero-order chi connectivity index (χ0) is 16.8. The molecule has 1 aliphatic heterocycles. The van der Waals surface area contributed by atoms with Crippen molar-refractivity contribution in [2.45, 2.75) is 39.0 Å². The van der Waals surface area contributed by atoms with E-state index < -0.39 is 0 Å². The molecule has 1 fully saturated rings. The van der Waals surface area contributed by atoms with E-state index in [0.29, 0.717) is 5.82 Å². The van der Waals surface area contributed by atoms with E-state index in [1.165, 1.54) is 16.2 Å². The number of aryl methyl sites for hydroxylation is 1. The van der Waals surface area contributed by atoms with Crippen LogP contribution in [0.4, 0.5) is 0 Å². The smallest absolute Gasteiger partial charge is 0.230 e. The first-order valence-electron chi connectivity index (χ1n) is 8.01. The lowest BCUT2D eigenvalue weighted by Gasteiger charge is -2.39. The van der Waals surface area contributed by atoms with E-state index in [1.54, 1.807) is 15.9 Å². The normalized spacial score (nSPS) is 23.8. The molecule has 0 bridgehead atoms. The number of aromatic hydroxyl groups is 1. The van der Waals surface area contributed by atoms with Crippen molar-refractivity contribution in [1.29, 1.82) is 0 Å². The fourth-order valence-electron chi connectivity index (χ4n) is 3.38. The fraction of sp³-hybridized carbons (Fsp3) is 0.500. The number of fused-ring (bicyclic) bond motifs is 1. The van der Waals surface area contributed by atoms with E-state index in [0.717, 1.165) is 22.9 Å². The Morgan fingerprint density at radius 3 is 2.71 bits per heavy atom. The maximum atomic E-state index is 10.8. The highest BCUT2D eigenvalue weighted by Crippen LogP contribution is 2.42. The first-order valence-corrected chi connectivity index (χ1v) is 9.70. The van der Waals surface area contributed by atoms with Crippen molar-refractivity contribution in [1.82, 2.24) is 19.5 Å². The van der Waals surface area contributed by atoms with Crippen LogP contribution in [0.5, 0.6) is 5.88 Å². The van der Waals surface area contributed by atoms with Gasteiger partial charge < -0.3 is 9.84 Å². The number of morpholine rings is 1. The van der Waals surface area contributed by atoms with Gasteiger partial charge in [-0.3, -0.25) is 4.90 Å². The molecule has 0 amide bonds. The van der Waals surface area contributed by atoms with E-state index >= 15 is 0 Å². The summed E-state index contributed by atoms with van der Waals surface area (Å²) in [6.07, 6.45) is 0.338. The number of ether oxygens (including phenoxy) is 1. The van der Waals surface area contributed by atoms with Crippen LogP contribution in [0.1, 0.15) is 35.5 Å². The lowest BCUT2D eigenvalue weighted by atomic mass is 10.1. The summed E-state index contributed by atoms with van der Waals surface area (Å²) in [6.45, 7) is 7.69. The molecule has 1 aliphatic rings. The average molecular weight is 364 g/mol. The van der Waals surface area contributed by atoms with E-state index in [2.05, 4.69) is 46.3 Å². The molecular formula is C16H20N4O2S2. The maximum absolute atomic E-state index is 10.8. The summed E-state index contributed by atoms with van der Waals surface area (Å²) < 4.78 is 7.43. The number of nitrogens with zero attached hydrogens (tertiary/aromatic N) is 4. The summed E-state index contributed by atoms with van der Waals surface area (Å²) in [6, 6.07) is 4.19. The molecule has 0 saturated carbocycles. The second kappa shape index (κ2) is 6.11. The van der Waals surface area contributed by atoms with Gasteiger partial charge in [-0.25, -0.2) is 4.98 Å². The van der Waals surface area contributed by atoms with Crippen LogP contribution in [-0.4, -0.2) is 49.9 Å². The highest BCUT2D eigenvalue weighted by Gasteiger charge is 2.34. The molecule has 4 heterocycles. The van der Waals surface area contributed by atoms with Gasteiger partial charge in [0, 0.05) is 18.0 Å². The largest absolute Gasteiger partial charge is 0.492 e. The van der Waals surface area contributed by atoms with Gasteiger partial charge in [-0.05, 0) is 32.2 Å². The number of hydrogen-bond acceptors (Lipinski definition) is 7. The van der Waals surface area contributed by atoms with Crippen LogP contribution >= 0.6 is 22.7 Å². The molecule has 0 radical (unpaired) electrons. The van der Waals surface area contributed by atoms with Gasteiger partial charge in [0.25, 0.3) is 0 Å². The lowest BCUT2D eigenvalue weighted by Crippen LogP contribution is -2.46. The minimum atomic E-state index is 0.00704. The number of aromatic nitrogens is 3. The molecule has 24 heavy (non-hydrogen) atoms. The van der Waals surface area contributed by atoms with Gasteiger partial charge in [-0.2, -0.15) is 4.52 Å². The summed E-state index contributed by atoms with van der Waals surface area (Å²) in [5, 5.41) is 17.1. The molecule has 1 saturated heterocycles. The second-order valence-corrected chi connectivity index (χ2v) is 8.26. The molecule has 4 rings (SSSR count). The Kier molecular flexibility index (Phi) is 4.07. The molecule has 8 heteroatoms. The van der Waals surface area contributed by atoms with Crippen molar-refractivity contribution < 1.29 is 9.84 Å². The van der Waals surface area contributed by atoms with Gasteiger partial charge in [0.2, 0.25) is 10.8 Å². The zero-order valence-electron chi connectivity index (χ0n) is 13.8. The minimum Gasteiger partial charge on any atom is -0.492 e. The summed E-state index contributed by atoms with van der Waals surface area (Å²) in [5.74, 6) is 0.866. The van der Waals surface area contributed by atoms with Gasteiger partial charge in [-0.15, -0.1) is 16.4 Å². The van der Waals surface area contributed by atoms with Crippen LogP contribution in [0, 0.1) is 6.92 Å². The molecular weight excluding hydrogens is 344 g/mol. The van der Waals surface area contributed by atoms with E-state index in [4.69, 9.17) is 4.74 Å². The molecule has 3 aromatic rings. The Hall–Kier alpha value is -1.48. The maximum Gasteiger partial charge on any atom is 0.230 e. The summed E-state index contributed by atoms with van der Waals surface area (Å²) >= 11 is 3.22. The SMILES string of the molecule is Cc1nc2sc([C@@H](c3cccs3)N3C[C@@H](C)O[C@H](C)C3)c(O)n2n1. The van der Waals surface area contributed by atoms with Crippen molar-refractivity contribution in [3.05, 3.63) is 33.1 Å². The van der Waals surface area contributed by atoms with Crippen molar-refractivity contribution in [3.63, 3.8) is 0 Å². The second-order valence-electron chi connectivity index (χ2n) is 6.27. The van der Waals surface area contributed by atoms with Crippen LogP contribution < -0.4 is 0 Å². The third-order valence-corrected chi connectivity index (χ3v) is 6.18. The van der Waals surface area contributed by atoms with Gasteiger partial charge in [0.1, 0.15) is 5.82 Å². The third kappa shape index (κ3) is 2.73. The summed E-state index contributed by atoms with van der Waals surface area (Å²) in [5.41, 5.74) is 0. The predicted octanol–water partition coefficient (Wildman–Crippen LogP) is 3.06. The zero-order valence-corrected chi connectivity index (χ0v) is 15.5. The molecule has 3 atom stereocenters. The van der Waals surface area contributed by atoms with Gasteiger partial charge >= 0.3 is 0 Å². The first-order chi connectivity index (χ1) is 11.5. The Morgan fingerprint density at radius 2 is 2.08 bits per heavy atom. The van der Waals surface area contributed by atoms with Gasteiger partial charge in [0.15, 0.2) is 0 Å². The molecule has 0 unspecified atom stereocenters. The first kappa shape index (κ1) is 16.0. The highest BCUT2D eigenvalue weighted by molar-refractivity contribution is 7.17. The third-order valence-electron chi connectivity index (χ3n) is 4.18. The molecule has 6 nitrogen and oxygen atoms in total. The van der Waals surface area contributed by atoms with Crippen LogP contribution in [0.2, 0.25) is 0 Å². The van der Waals surface area contributed by atoms with Crippen LogP contribution in [0.25, 0.3) is 4.96 Å². The molecule has 0 aliphatic carbocycles. The van der Waals surface area contributed by atoms with E-state index in [9.17, 15) is 5.11 Å². The summed E-state index contributed by atoms with van der Waals surface area (Å²) in [7, 11) is 0. The van der Waals surface area contributed by atoms with Crippen molar-refractivity contribution in [3.8, 4) is 5.88 Å². The average Bonchev–Trinajstić information content (AvgIpc) is 3.20. The number of thiazole rings is 1. The van der Waals surface area contributed by atoms with Crippen LogP contribution in [-0.2, 0) is 4.74 Å². The predicted molar refractivity (Wildman–Crippen MR) is 95.0 cm³/mol. The number of thiophene rings is 1. The number of rotatable bonds is 3. The van der Waals surface area contributed by atoms with Crippen molar-refractivity contribution in [2.75, 3.05) is 13.1 Å². The Bertz CT molecular complexity index is 832. The minimum absolute atomic E-state index is 0.00704. The molecule has 0 aromatic carbocycles. The Labute approximate surface area is 148 Å². The molecule has 1 N–H and O–H groups in total. The molecule has 128 valence electrons. The van der Waals surface area contributed by atoms with Crippen LogP contribution in [0.3, 0.4) is 0 Å². The highest BCUT2D eigenvalue weighted by atomic mass is 32.1. The number of hydrogen-bond donors (Lipinski definition) is 1. The van der Waals surface area contributed by atoms with Crippen molar-refractivity contribution in [2.24, 2.45) is 0 Å². The standard InChI is InChI=1S/C16H20N4O2S2/c1-9-7-19(8-10(2)22-9)13(12-5-4-6-23-12)14-15(21)20-16(24-14)17-11(3)18-20/h4-6,9-10,13,21H,7-8H2,1-3H3/t9-,10-,13-/m1/s1. The van der Waals surface area contributed by atoms with Crippen LogP contribution in [0.15, 0.2) is 17.5 Å². The van der Waals surface area contributed by atoms with E-state index in [-0.39, 0.29) is 24.1 Å². The molecule has 3 aromatic heterocycles.